The van der Waals surface area contributed by atoms with Gasteiger partial charge in [0.1, 0.15) is 10.0 Å². The normalized spacial score (nSPS) is 17.2. The fourth-order valence-electron chi connectivity index (χ4n) is 2.83. The first-order valence-corrected chi connectivity index (χ1v) is 9.15. The maximum Gasteiger partial charge on any atom is 0.322 e. The zero-order valence-corrected chi connectivity index (χ0v) is 14.9. The molecule has 1 aromatic carbocycles. The molecule has 2 amide bonds. The van der Waals surface area contributed by atoms with Crippen LogP contribution in [0, 0.1) is 12.8 Å². The van der Waals surface area contributed by atoms with Crippen LogP contribution >= 0.6 is 11.3 Å². The first-order valence-electron chi connectivity index (χ1n) is 8.34. The van der Waals surface area contributed by atoms with Crippen LogP contribution in [0.4, 0.5) is 9.80 Å². The van der Waals surface area contributed by atoms with Crippen LogP contribution < -0.4 is 5.32 Å². The smallest absolute Gasteiger partial charge is 0.322 e. The van der Waals surface area contributed by atoms with Crippen molar-refractivity contribution in [3.05, 3.63) is 36.0 Å². The third-order valence-corrected chi connectivity index (χ3v) is 5.29. The van der Waals surface area contributed by atoms with Crippen molar-refractivity contribution in [3.63, 3.8) is 0 Å². The van der Waals surface area contributed by atoms with Gasteiger partial charge in [0.2, 0.25) is 0 Å². The number of aromatic nitrogens is 1. The number of carbonyl (C=O) groups excluding carboxylic acids is 1. The lowest BCUT2D eigenvalue weighted by atomic mass is 10.1. The summed E-state index contributed by atoms with van der Waals surface area (Å²) in [4.78, 5) is 18.9. The number of likely N-dealkylation sites (tertiary alicyclic amines) is 1. The molecule has 0 spiro atoms. The summed E-state index contributed by atoms with van der Waals surface area (Å²) in [7, 11) is 0. The van der Waals surface area contributed by atoms with Gasteiger partial charge < -0.3 is 9.64 Å². The van der Waals surface area contributed by atoms with Gasteiger partial charge in [0, 0.05) is 31.2 Å². The van der Waals surface area contributed by atoms with E-state index < -0.39 is 0 Å². The number of hydrogen-bond acceptors (Lipinski definition) is 4. The predicted molar refractivity (Wildman–Crippen MR) is 97.5 cm³/mol. The van der Waals surface area contributed by atoms with Gasteiger partial charge in [-0.3, -0.25) is 5.32 Å². The van der Waals surface area contributed by atoms with Crippen LogP contribution in [-0.2, 0) is 4.74 Å². The summed E-state index contributed by atoms with van der Waals surface area (Å²) in [6.07, 6.45) is 1.00. The van der Waals surface area contributed by atoms with Gasteiger partial charge in [-0.05, 0) is 20.3 Å². The molecule has 1 aromatic heterocycles. The molecule has 6 heteroatoms. The second kappa shape index (κ2) is 7.77. The van der Waals surface area contributed by atoms with E-state index in [0.29, 0.717) is 5.92 Å². The van der Waals surface area contributed by atoms with Crippen LogP contribution in [0.2, 0.25) is 0 Å². The van der Waals surface area contributed by atoms with Crippen LogP contribution in [0.25, 0.3) is 10.6 Å². The van der Waals surface area contributed by atoms with Crippen molar-refractivity contribution in [2.45, 2.75) is 20.3 Å². The van der Waals surface area contributed by atoms with Gasteiger partial charge in [-0.15, -0.1) is 0 Å². The summed E-state index contributed by atoms with van der Waals surface area (Å²) in [6.45, 7) is 6.93. The second-order valence-electron chi connectivity index (χ2n) is 5.99. The molecule has 1 unspecified atom stereocenters. The average Bonchev–Trinajstić information content (AvgIpc) is 3.21. The van der Waals surface area contributed by atoms with E-state index in [1.54, 1.807) is 0 Å². The Morgan fingerprint density at radius 2 is 2.21 bits per heavy atom. The van der Waals surface area contributed by atoms with E-state index in [2.05, 4.69) is 10.3 Å². The van der Waals surface area contributed by atoms with Crippen LogP contribution in [-0.4, -0.2) is 42.2 Å². The maximum atomic E-state index is 12.5. The van der Waals surface area contributed by atoms with Gasteiger partial charge in [-0.2, -0.15) is 0 Å². The van der Waals surface area contributed by atoms with Gasteiger partial charge in [0.15, 0.2) is 0 Å². The number of rotatable bonds is 5. The predicted octanol–water partition coefficient (Wildman–Crippen LogP) is 4.01. The number of anilines is 1. The largest absolute Gasteiger partial charge is 0.381 e. The molecule has 0 radical (unpaired) electrons. The molecule has 1 atom stereocenters. The third kappa shape index (κ3) is 3.94. The monoisotopic (exact) mass is 345 g/mol. The number of thiazole rings is 1. The lowest BCUT2D eigenvalue weighted by molar-refractivity contribution is 0.113. The topological polar surface area (TPSA) is 54.5 Å². The summed E-state index contributed by atoms with van der Waals surface area (Å²) in [6, 6.07) is 9.99. The minimum atomic E-state index is -0.0413. The molecule has 2 heterocycles. The van der Waals surface area contributed by atoms with Crippen molar-refractivity contribution >= 4 is 22.4 Å². The van der Waals surface area contributed by atoms with E-state index in [1.807, 2.05) is 49.1 Å². The number of ether oxygens (including phenoxy) is 1. The molecule has 1 fully saturated rings. The Morgan fingerprint density at radius 1 is 1.42 bits per heavy atom. The summed E-state index contributed by atoms with van der Waals surface area (Å²) in [5.74, 6) is 0.443. The Labute approximate surface area is 146 Å². The van der Waals surface area contributed by atoms with E-state index in [0.717, 1.165) is 54.0 Å². The van der Waals surface area contributed by atoms with Gasteiger partial charge in [-0.1, -0.05) is 41.7 Å². The van der Waals surface area contributed by atoms with Gasteiger partial charge in [0.25, 0.3) is 0 Å². The number of carbonyl (C=O) groups is 1. The number of hydrogen-bond donors (Lipinski definition) is 1. The molecule has 0 bridgehead atoms. The van der Waals surface area contributed by atoms with Crippen molar-refractivity contribution in [2.24, 2.45) is 5.92 Å². The van der Waals surface area contributed by atoms with Crippen LogP contribution in [0.5, 0.6) is 0 Å². The maximum absolute atomic E-state index is 12.5. The first-order chi connectivity index (χ1) is 11.7. The number of nitrogens with zero attached hydrogens (tertiary/aromatic N) is 2. The quantitative estimate of drug-likeness (QED) is 0.891. The van der Waals surface area contributed by atoms with Crippen LogP contribution in [0.1, 0.15) is 19.0 Å². The van der Waals surface area contributed by atoms with Crippen LogP contribution in [0.15, 0.2) is 30.3 Å². The number of aryl methyl sites for hydroxylation is 1. The van der Waals surface area contributed by atoms with Gasteiger partial charge in [0.05, 0.1) is 12.3 Å². The Hall–Kier alpha value is -1.92. The van der Waals surface area contributed by atoms with Crippen molar-refractivity contribution in [1.29, 1.82) is 0 Å². The highest BCUT2D eigenvalue weighted by atomic mass is 32.1. The van der Waals surface area contributed by atoms with E-state index in [1.165, 1.54) is 11.3 Å². The zero-order chi connectivity index (χ0) is 16.9. The Bertz CT molecular complexity index is 687. The molecule has 1 saturated heterocycles. The van der Waals surface area contributed by atoms with Crippen LogP contribution in [0.3, 0.4) is 0 Å². The first kappa shape index (κ1) is 16.9. The van der Waals surface area contributed by atoms with E-state index in [4.69, 9.17) is 4.74 Å². The molecule has 5 nitrogen and oxygen atoms in total. The molecule has 1 aliphatic rings. The van der Waals surface area contributed by atoms with E-state index >= 15 is 0 Å². The Morgan fingerprint density at radius 3 is 2.96 bits per heavy atom. The molecule has 128 valence electrons. The van der Waals surface area contributed by atoms with Crippen molar-refractivity contribution in [3.8, 4) is 10.6 Å². The fraction of sp³-hybridized carbons (Fsp3) is 0.444. The molecule has 1 aliphatic heterocycles. The second-order valence-corrected chi connectivity index (χ2v) is 6.99. The van der Waals surface area contributed by atoms with E-state index in [9.17, 15) is 4.79 Å². The zero-order valence-electron chi connectivity index (χ0n) is 14.1. The highest BCUT2D eigenvalue weighted by molar-refractivity contribution is 7.19. The minimum absolute atomic E-state index is 0.0413. The van der Waals surface area contributed by atoms with Crippen molar-refractivity contribution in [2.75, 3.05) is 31.6 Å². The minimum Gasteiger partial charge on any atom is -0.381 e. The number of benzene rings is 1. The highest BCUT2D eigenvalue weighted by Gasteiger charge is 2.27. The molecular weight excluding hydrogens is 322 g/mol. The molecular formula is C18H23N3O2S. The van der Waals surface area contributed by atoms with Gasteiger partial charge in [-0.25, -0.2) is 9.78 Å². The Kier molecular flexibility index (Phi) is 5.48. The van der Waals surface area contributed by atoms with Gasteiger partial charge >= 0.3 is 6.03 Å². The number of nitrogens with one attached hydrogen (secondary N) is 1. The number of amides is 2. The molecule has 3 rings (SSSR count). The molecule has 1 N–H and O–H groups in total. The van der Waals surface area contributed by atoms with Crippen molar-refractivity contribution < 1.29 is 9.53 Å². The highest BCUT2D eigenvalue weighted by Crippen LogP contribution is 2.32. The number of urea groups is 1. The molecule has 0 saturated carbocycles. The standard InChI is InChI=1S/C18H23N3O2S/c1-3-23-12-14-9-10-21(11-14)18(22)20-16-13(2)19-17(24-16)15-7-5-4-6-8-15/h4-8,14H,3,9-12H2,1-2H3,(H,20,22). The summed E-state index contributed by atoms with van der Waals surface area (Å²) in [5.41, 5.74) is 1.93. The molecule has 0 aliphatic carbocycles. The Balaban J connectivity index is 1.62. The summed E-state index contributed by atoms with van der Waals surface area (Å²) >= 11 is 1.52. The van der Waals surface area contributed by atoms with Crippen molar-refractivity contribution in [1.82, 2.24) is 9.88 Å². The third-order valence-electron chi connectivity index (χ3n) is 4.17. The molecule has 2 aromatic rings. The average molecular weight is 345 g/mol. The fourth-order valence-corrected chi connectivity index (χ4v) is 3.79. The lowest BCUT2D eigenvalue weighted by Crippen LogP contribution is -2.33. The molecule has 24 heavy (non-hydrogen) atoms. The lowest BCUT2D eigenvalue weighted by Gasteiger charge is -2.17. The SMILES string of the molecule is CCOCC1CCN(C(=O)Nc2sc(-c3ccccc3)nc2C)C1. The van der Waals surface area contributed by atoms with E-state index in [-0.39, 0.29) is 6.03 Å². The summed E-state index contributed by atoms with van der Waals surface area (Å²) in [5, 5.41) is 4.78. The summed E-state index contributed by atoms with van der Waals surface area (Å²) < 4.78 is 5.47.